The molecule has 0 saturated heterocycles. The van der Waals surface area contributed by atoms with Crippen LogP contribution in [0.1, 0.15) is 12.8 Å². The van der Waals surface area contributed by atoms with E-state index < -0.39 is 15.5 Å². The molecule has 1 saturated carbocycles. The van der Waals surface area contributed by atoms with E-state index in [0.29, 0.717) is 0 Å². The van der Waals surface area contributed by atoms with Gasteiger partial charge in [0, 0.05) is 24.5 Å². The zero-order valence-corrected chi connectivity index (χ0v) is 8.17. The van der Waals surface area contributed by atoms with E-state index in [-0.39, 0.29) is 10.9 Å². The van der Waals surface area contributed by atoms with Gasteiger partial charge in [-0.15, -0.1) is 0 Å². The van der Waals surface area contributed by atoms with Crippen molar-refractivity contribution in [3.05, 3.63) is 28.7 Å². The summed E-state index contributed by atoms with van der Waals surface area (Å²) in [6, 6.07) is 1.21. The molecule has 2 rings (SSSR count). The number of H-pyrrole nitrogens is 1. The fourth-order valence-electron chi connectivity index (χ4n) is 1.09. The standard InChI is InChI=1S/C8H10N2O3S/c11-7-3-4-9-5-8(7)14(12,13)10-6-1-2-6/h3-6,10H,1-2H2,(H,9,11). The summed E-state index contributed by atoms with van der Waals surface area (Å²) in [5.74, 6) is 0. The van der Waals surface area contributed by atoms with E-state index in [1.54, 1.807) is 0 Å². The van der Waals surface area contributed by atoms with Crippen molar-refractivity contribution in [1.82, 2.24) is 9.71 Å². The first-order valence-corrected chi connectivity index (χ1v) is 5.77. The molecular weight excluding hydrogens is 204 g/mol. The van der Waals surface area contributed by atoms with Crippen LogP contribution in [0.25, 0.3) is 0 Å². The van der Waals surface area contributed by atoms with Gasteiger partial charge >= 0.3 is 0 Å². The summed E-state index contributed by atoms with van der Waals surface area (Å²) in [7, 11) is -3.62. The Bertz CT molecular complexity index is 487. The fraction of sp³-hybridized carbons (Fsp3) is 0.375. The molecule has 6 heteroatoms. The van der Waals surface area contributed by atoms with Gasteiger partial charge in [-0.2, -0.15) is 0 Å². The second kappa shape index (κ2) is 3.21. The number of aromatic nitrogens is 1. The van der Waals surface area contributed by atoms with Gasteiger partial charge in [0.2, 0.25) is 15.5 Å². The number of pyridine rings is 1. The number of aromatic amines is 1. The maximum atomic E-state index is 11.6. The van der Waals surface area contributed by atoms with Gasteiger partial charge in [0.15, 0.2) is 0 Å². The second-order valence-corrected chi connectivity index (χ2v) is 4.95. The van der Waals surface area contributed by atoms with Crippen molar-refractivity contribution in [2.24, 2.45) is 0 Å². The lowest BCUT2D eigenvalue weighted by atomic mass is 10.5. The van der Waals surface area contributed by atoms with Gasteiger partial charge in [0.25, 0.3) is 0 Å². The third-order valence-electron chi connectivity index (χ3n) is 1.98. The van der Waals surface area contributed by atoms with Gasteiger partial charge < -0.3 is 4.98 Å². The van der Waals surface area contributed by atoms with E-state index in [9.17, 15) is 13.2 Å². The molecule has 0 amide bonds. The van der Waals surface area contributed by atoms with Crippen LogP contribution in [0, 0.1) is 0 Å². The van der Waals surface area contributed by atoms with Crippen LogP contribution in [-0.2, 0) is 10.0 Å². The maximum Gasteiger partial charge on any atom is 0.246 e. The van der Waals surface area contributed by atoms with Crippen molar-refractivity contribution < 1.29 is 8.42 Å². The van der Waals surface area contributed by atoms with Crippen molar-refractivity contribution in [3.8, 4) is 0 Å². The van der Waals surface area contributed by atoms with Crippen LogP contribution in [0.5, 0.6) is 0 Å². The third kappa shape index (κ3) is 1.85. The third-order valence-corrected chi connectivity index (χ3v) is 3.52. The molecule has 1 aromatic rings. The molecule has 1 fully saturated rings. The molecule has 1 aliphatic carbocycles. The van der Waals surface area contributed by atoms with E-state index in [1.165, 1.54) is 18.5 Å². The molecule has 0 aromatic carbocycles. The Morgan fingerprint density at radius 1 is 1.43 bits per heavy atom. The minimum Gasteiger partial charge on any atom is -0.366 e. The highest BCUT2D eigenvalue weighted by atomic mass is 32.2. The zero-order valence-electron chi connectivity index (χ0n) is 7.36. The van der Waals surface area contributed by atoms with Crippen LogP contribution in [0.4, 0.5) is 0 Å². The van der Waals surface area contributed by atoms with Crippen LogP contribution >= 0.6 is 0 Å². The smallest absolute Gasteiger partial charge is 0.246 e. The molecule has 1 aromatic heterocycles. The SMILES string of the molecule is O=c1cc[nH]cc1S(=O)(=O)NC1CC1. The normalized spacial score (nSPS) is 16.9. The van der Waals surface area contributed by atoms with E-state index in [0.717, 1.165) is 12.8 Å². The van der Waals surface area contributed by atoms with E-state index in [4.69, 9.17) is 0 Å². The van der Waals surface area contributed by atoms with Gasteiger partial charge in [-0.3, -0.25) is 4.79 Å². The summed E-state index contributed by atoms with van der Waals surface area (Å²) in [5.41, 5.74) is -0.489. The molecule has 76 valence electrons. The van der Waals surface area contributed by atoms with Gasteiger partial charge in [0.05, 0.1) is 0 Å². The number of hydrogen-bond donors (Lipinski definition) is 2. The van der Waals surface area contributed by atoms with E-state index in [2.05, 4.69) is 9.71 Å². The summed E-state index contributed by atoms with van der Waals surface area (Å²) >= 11 is 0. The molecule has 14 heavy (non-hydrogen) atoms. The number of rotatable bonds is 3. The Morgan fingerprint density at radius 3 is 2.71 bits per heavy atom. The van der Waals surface area contributed by atoms with Crippen LogP contribution in [0.3, 0.4) is 0 Å². The largest absolute Gasteiger partial charge is 0.366 e. The first kappa shape index (κ1) is 9.42. The van der Waals surface area contributed by atoms with Crippen molar-refractivity contribution in [1.29, 1.82) is 0 Å². The molecule has 2 N–H and O–H groups in total. The quantitative estimate of drug-likeness (QED) is 0.732. The Kier molecular flexibility index (Phi) is 2.16. The summed E-state index contributed by atoms with van der Waals surface area (Å²) in [4.78, 5) is 13.6. The molecule has 0 bridgehead atoms. The first-order valence-electron chi connectivity index (χ1n) is 4.29. The number of sulfonamides is 1. The number of nitrogens with one attached hydrogen (secondary N) is 2. The predicted molar refractivity (Wildman–Crippen MR) is 50.4 cm³/mol. The van der Waals surface area contributed by atoms with Gasteiger partial charge in [-0.25, -0.2) is 13.1 Å². The highest BCUT2D eigenvalue weighted by Gasteiger charge is 2.29. The average molecular weight is 214 g/mol. The minimum absolute atomic E-state index is 0.0135. The summed E-state index contributed by atoms with van der Waals surface area (Å²) < 4.78 is 25.6. The highest BCUT2D eigenvalue weighted by molar-refractivity contribution is 7.89. The topological polar surface area (TPSA) is 79.0 Å². The van der Waals surface area contributed by atoms with E-state index in [1.807, 2.05) is 0 Å². The lowest BCUT2D eigenvalue weighted by Gasteiger charge is -2.03. The Balaban J connectivity index is 2.38. The maximum absolute atomic E-state index is 11.6. The van der Waals surface area contributed by atoms with Gasteiger partial charge in [-0.05, 0) is 12.8 Å². The summed E-state index contributed by atoms with van der Waals surface area (Å²) in [6.45, 7) is 0. The van der Waals surface area contributed by atoms with Crippen LogP contribution in [-0.4, -0.2) is 19.4 Å². The van der Waals surface area contributed by atoms with Gasteiger partial charge in [0.1, 0.15) is 4.90 Å². The number of hydrogen-bond acceptors (Lipinski definition) is 3. The lowest BCUT2D eigenvalue weighted by molar-refractivity contribution is 0.580. The highest BCUT2D eigenvalue weighted by Crippen LogP contribution is 2.20. The zero-order chi connectivity index (χ0) is 10.2. The average Bonchev–Trinajstić information content (AvgIpc) is 2.88. The van der Waals surface area contributed by atoms with Crippen LogP contribution in [0.15, 0.2) is 28.2 Å². The molecule has 1 aliphatic rings. The molecule has 0 unspecified atom stereocenters. The van der Waals surface area contributed by atoms with Crippen LogP contribution in [0.2, 0.25) is 0 Å². The summed E-state index contributed by atoms with van der Waals surface area (Å²) in [6.07, 6.45) is 4.31. The van der Waals surface area contributed by atoms with E-state index >= 15 is 0 Å². The fourth-order valence-corrected chi connectivity index (χ4v) is 2.45. The van der Waals surface area contributed by atoms with Crippen LogP contribution < -0.4 is 10.2 Å². The molecule has 5 nitrogen and oxygen atoms in total. The van der Waals surface area contributed by atoms with Gasteiger partial charge in [-0.1, -0.05) is 0 Å². The van der Waals surface area contributed by atoms with Crippen molar-refractivity contribution in [2.45, 2.75) is 23.8 Å². The minimum atomic E-state index is -3.62. The first-order chi connectivity index (χ1) is 6.59. The van der Waals surface area contributed by atoms with Crippen molar-refractivity contribution >= 4 is 10.0 Å². The molecule has 0 radical (unpaired) electrons. The van der Waals surface area contributed by atoms with Crippen molar-refractivity contribution in [2.75, 3.05) is 0 Å². The molecular formula is C8H10N2O3S. The summed E-state index contributed by atoms with van der Waals surface area (Å²) in [5, 5.41) is 0. The Hall–Kier alpha value is -1.14. The molecule has 1 heterocycles. The molecule has 0 spiro atoms. The van der Waals surface area contributed by atoms with Crippen molar-refractivity contribution in [3.63, 3.8) is 0 Å². The predicted octanol–water partition coefficient (Wildman–Crippen LogP) is -0.184. The molecule has 0 atom stereocenters. The second-order valence-electron chi connectivity index (χ2n) is 3.27. The lowest BCUT2D eigenvalue weighted by Crippen LogP contribution is -2.29. The molecule has 0 aliphatic heterocycles. The monoisotopic (exact) mass is 214 g/mol. The Labute approximate surface area is 81.2 Å². The Morgan fingerprint density at radius 2 is 2.14 bits per heavy atom.